The van der Waals surface area contributed by atoms with E-state index in [2.05, 4.69) is 53.8 Å². The van der Waals surface area contributed by atoms with E-state index in [4.69, 9.17) is 4.43 Å². The van der Waals surface area contributed by atoms with Gasteiger partial charge in [-0.1, -0.05) is 32.4 Å². The zero-order chi connectivity index (χ0) is 16.1. The second-order valence-electron chi connectivity index (χ2n) is 8.95. The largest absolute Gasteiger partial charge is 0.416 e. The van der Waals surface area contributed by atoms with Gasteiger partial charge in [-0.15, -0.1) is 0 Å². The Morgan fingerprint density at radius 2 is 1.81 bits per heavy atom. The van der Waals surface area contributed by atoms with E-state index in [1.807, 2.05) is 0 Å². The first kappa shape index (κ1) is 16.9. The monoisotopic (exact) mass is 308 g/mol. The quantitative estimate of drug-likeness (QED) is 0.535. The maximum atomic E-state index is 12.5. The zero-order valence-electron chi connectivity index (χ0n) is 14.9. The molecular weight excluding hydrogens is 276 g/mol. The molecule has 1 saturated carbocycles. The molecule has 0 radical (unpaired) electrons. The minimum atomic E-state index is -1.76. The molecule has 2 rings (SSSR count). The van der Waals surface area contributed by atoms with Gasteiger partial charge < -0.3 is 4.43 Å². The van der Waals surface area contributed by atoms with E-state index in [0.29, 0.717) is 5.78 Å². The summed E-state index contributed by atoms with van der Waals surface area (Å²) in [7, 11) is -1.76. The SMILES string of the molecule is CC1=C[C@@]2(C)C(=O)CC[C@@]2(CO[Si](C)(C)C(C)(C)C)CC1. The van der Waals surface area contributed by atoms with Crippen LogP contribution in [0.15, 0.2) is 11.6 Å². The predicted octanol–water partition coefficient (Wildman–Crippen LogP) is 5.10. The molecule has 2 aliphatic carbocycles. The highest BCUT2D eigenvalue weighted by atomic mass is 28.4. The number of fused-ring (bicyclic) bond motifs is 1. The highest BCUT2D eigenvalue weighted by Crippen LogP contribution is 2.58. The minimum absolute atomic E-state index is 0.0408. The normalized spacial score (nSPS) is 33.9. The smallest absolute Gasteiger partial charge is 0.192 e. The van der Waals surface area contributed by atoms with Gasteiger partial charge in [-0.2, -0.15) is 0 Å². The summed E-state index contributed by atoms with van der Waals surface area (Å²) in [4.78, 5) is 12.5. The van der Waals surface area contributed by atoms with Gasteiger partial charge in [0.05, 0.1) is 5.41 Å². The van der Waals surface area contributed by atoms with Crippen LogP contribution < -0.4 is 0 Å². The van der Waals surface area contributed by atoms with Crippen LogP contribution in [-0.4, -0.2) is 20.7 Å². The number of carbonyl (C=O) groups excluding carboxylic acids is 1. The lowest BCUT2D eigenvalue weighted by Crippen LogP contribution is -2.49. The Labute approximate surface area is 131 Å². The first-order valence-electron chi connectivity index (χ1n) is 8.29. The highest BCUT2D eigenvalue weighted by Gasteiger charge is 2.57. The Bertz CT molecular complexity index is 472. The number of hydrogen-bond acceptors (Lipinski definition) is 2. The minimum Gasteiger partial charge on any atom is -0.416 e. The van der Waals surface area contributed by atoms with Gasteiger partial charge in [-0.25, -0.2) is 0 Å². The lowest BCUT2D eigenvalue weighted by atomic mass is 9.60. The van der Waals surface area contributed by atoms with E-state index in [-0.39, 0.29) is 15.9 Å². The number of hydrogen-bond donors (Lipinski definition) is 0. The molecule has 0 N–H and O–H groups in total. The van der Waals surface area contributed by atoms with E-state index in [9.17, 15) is 4.79 Å². The van der Waals surface area contributed by atoms with Gasteiger partial charge in [0.15, 0.2) is 8.32 Å². The molecule has 3 heteroatoms. The molecule has 120 valence electrons. The second kappa shape index (κ2) is 5.06. The maximum Gasteiger partial charge on any atom is 0.192 e. The van der Waals surface area contributed by atoms with Crippen LogP contribution in [0.4, 0.5) is 0 Å². The number of ketones is 1. The first-order valence-corrected chi connectivity index (χ1v) is 11.2. The van der Waals surface area contributed by atoms with Crippen LogP contribution in [0.3, 0.4) is 0 Å². The Morgan fingerprint density at radius 1 is 1.24 bits per heavy atom. The van der Waals surface area contributed by atoms with Gasteiger partial charge in [0, 0.05) is 18.4 Å². The summed E-state index contributed by atoms with van der Waals surface area (Å²) in [5.74, 6) is 0.417. The Kier molecular flexibility index (Phi) is 4.08. The predicted molar refractivity (Wildman–Crippen MR) is 90.9 cm³/mol. The molecule has 0 aromatic rings. The average Bonchev–Trinajstić information content (AvgIpc) is 2.59. The fourth-order valence-electron chi connectivity index (χ4n) is 3.62. The van der Waals surface area contributed by atoms with Crippen molar-refractivity contribution < 1.29 is 9.22 Å². The van der Waals surface area contributed by atoms with E-state index in [1.165, 1.54) is 5.57 Å². The van der Waals surface area contributed by atoms with Gasteiger partial charge in [0.1, 0.15) is 5.78 Å². The van der Waals surface area contributed by atoms with Crippen molar-refractivity contribution in [3.05, 3.63) is 11.6 Å². The van der Waals surface area contributed by atoms with Gasteiger partial charge in [-0.3, -0.25) is 4.79 Å². The summed E-state index contributed by atoms with van der Waals surface area (Å²) in [6.45, 7) is 16.5. The lowest BCUT2D eigenvalue weighted by molar-refractivity contribution is -0.127. The van der Waals surface area contributed by atoms with Gasteiger partial charge >= 0.3 is 0 Å². The fraction of sp³-hybridized carbons (Fsp3) is 0.833. The molecule has 21 heavy (non-hydrogen) atoms. The summed E-state index contributed by atoms with van der Waals surface area (Å²) >= 11 is 0. The lowest BCUT2D eigenvalue weighted by Gasteiger charge is -2.47. The molecule has 0 saturated heterocycles. The molecule has 0 heterocycles. The highest BCUT2D eigenvalue weighted by molar-refractivity contribution is 6.74. The molecule has 1 fully saturated rings. The third kappa shape index (κ3) is 2.68. The van der Waals surface area contributed by atoms with Crippen molar-refractivity contribution in [2.24, 2.45) is 10.8 Å². The van der Waals surface area contributed by atoms with Gasteiger partial charge in [0.25, 0.3) is 0 Å². The van der Waals surface area contributed by atoms with Crippen molar-refractivity contribution in [1.29, 1.82) is 0 Å². The van der Waals surface area contributed by atoms with E-state index >= 15 is 0 Å². The first-order chi connectivity index (χ1) is 9.44. The molecule has 2 aliphatic rings. The number of carbonyl (C=O) groups is 1. The maximum absolute atomic E-state index is 12.5. The fourth-order valence-corrected chi connectivity index (χ4v) is 4.69. The van der Waals surface area contributed by atoms with Crippen LogP contribution in [0.5, 0.6) is 0 Å². The Hall–Kier alpha value is -0.413. The summed E-state index contributed by atoms with van der Waals surface area (Å²) < 4.78 is 6.54. The van der Waals surface area contributed by atoms with Crippen LogP contribution >= 0.6 is 0 Å². The third-order valence-electron chi connectivity index (χ3n) is 6.56. The molecule has 0 amide bonds. The van der Waals surface area contributed by atoms with Gasteiger partial charge in [-0.05, 0) is 51.2 Å². The zero-order valence-corrected chi connectivity index (χ0v) is 15.9. The molecule has 0 bridgehead atoms. The average molecular weight is 309 g/mol. The van der Waals surface area contributed by atoms with E-state index in [0.717, 1.165) is 32.3 Å². The van der Waals surface area contributed by atoms with Crippen molar-refractivity contribution in [3.8, 4) is 0 Å². The van der Waals surface area contributed by atoms with Crippen LogP contribution in [0.1, 0.15) is 60.3 Å². The van der Waals surface area contributed by atoms with Crippen molar-refractivity contribution in [1.82, 2.24) is 0 Å². The number of Topliss-reactive ketones (excluding diaryl/α,β-unsaturated/α-hetero) is 1. The van der Waals surface area contributed by atoms with Gasteiger partial charge in [0.2, 0.25) is 0 Å². The molecular formula is C18H32O2Si. The van der Waals surface area contributed by atoms with Crippen molar-refractivity contribution in [2.75, 3.05) is 6.61 Å². The van der Waals surface area contributed by atoms with E-state index < -0.39 is 8.32 Å². The number of rotatable bonds is 3. The molecule has 0 aromatic carbocycles. The summed E-state index contributed by atoms with van der Waals surface area (Å²) in [5.41, 5.74) is 1.12. The van der Waals surface area contributed by atoms with Crippen molar-refractivity contribution in [3.63, 3.8) is 0 Å². The van der Waals surface area contributed by atoms with Crippen LogP contribution in [-0.2, 0) is 9.22 Å². The Balaban J connectivity index is 2.25. The summed E-state index contributed by atoms with van der Waals surface area (Å²) in [6, 6.07) is 0. The van der Waals surface area contributed by atoms with Crippen molar-refractivity contribution in [2.45, 2.75) is 78.4 Å². The summed E-state index contributed by atoms with van der Waals surface area (Å²) in [5, 5.41) is 0.225. The van der Waals surface area contributed by atoms with Crippen LogP contribution in [0.25, 0.3) is 0 Å². The standard InChI is InChI=1S/C18H32O2Si/c1-14-8-10-18(11-9-15(19)17(18,5)12-14)13-20-21(6,7)16(2,3)4/h12H,8-11,13H2,1-7H3/t17-,18+/m0/s1. The third-order valence-corrected chi connectivity index (χ3v) is 11.0. The molecule has 0 aliphatic heterocycles. The molecule has 0 spiro atoms. The molecule has 0 aromatic heterocycles. The van der Waals surface area contributed by atoms with E-state index in [1.54, 1.807) is 0 Å². The van der Waals surface area contributed by atoms with Crippen LogP contribution in [0, 0.1) is 10.8 Å². The molecule has 2 atom stereocenters. The second-order valence-corrected chi connectivity index (χ2v) is 13.8. The molecule has 0 unspecified atom stereocenters. The summed E-state index contributed by atoms with van der Waals surface area (Å²) in [6.07, 6.45) is 6.19. The number of allylic oxidation sites excluding steroid dienone is 2. The topological polar surface area (TPSA) is 26.3 Å². The van der Waals surface area contributed by atoms with Crippen LogP contribution in [0.2, 0.25) is 18.1 Å². The van der Waals surface area contributed by atoms with Crippen molar-refractivity contribution >= 4 is 14.1 Å². The Morgan fingerprint density at radius 3 is 2.38 bits per heavy atom. The molecule has 2 nitrogen and oxygen atoms in total.